The van der Waals surface area contributed by atoms with Gasteiger partial charge in [0, 0.05) is 50.8 Å². The number of anilines is 6. The lowest BCUT2D eigenvalue weighted by atomic mass is 9.32. The Hall–Kier alpha value is -10.4. The zero-order chi connectivity index (χ0) is 64.9. The summed E-state index contributed by atoms with van der Waals surface area (Å²) in [5.41, 5.74) is 17.7. The van der Waals surface area contributed by atoms with Crippen LogP contribution < -0.4 is 26.2 Å². The summed E-state index contributed by atoms with van der Waals surface area (Å²) in [4.78, 5) is 22.5. The van der Waals surface area contributed by atoms with Crippen LogP contribution in [0.3, 0.4) is 0 Å². The number of hydrogen-bond donors (Lipinski definition) is 0. The monoisotopic (exact) mass is 1220 g/mol. The summed E-state index contributed by atoms with van der Waals surface area (Å²) in [6.45, 7) is 27.4. The molecule has 0 N–H and O–H groups in total. The number of fused-ring (bicyclic) bond motifs is 10. The third kappa shape index (κ3) is 8.65. The summed E-state index contributed by atoms with van der Waals surface area (Å²) in [7, 11) is 0. The van der Waals surface area contributed by atoms with Crippen LogP contribution in [0.4, 0.5) is 34.1 Å². The lowest BCUT2D eigenvalue weighted by molar-refractivity contribution is 0.568. The highest BCUT2D eigenvalue weighted by Gasteiger charge is 2.47. The van der Waals surface area contributed by atoms with E-state index >= 15 is 0 Å². The molecule has 15 aromatic carbocycles. The number of nitrogens with zero attached hydrogens (tertiary/aromatic N) is 5. The molecule has 0 atom stereocenters. The fraction of sp³-hybridized carbons (Fsp3) is 0.180. The van der Waals surface area contributed by atoms with Gasteiger partial charge in [-0.3, -0.25) is 0 Å². The minimum Gasteiger partial charge on any atom is -0.311 e. The van der Waals surface area contributed by atoms with Crippen LogP contribution in [0.1, 0.15) is 105 Å². The molecule has 6 heteroatoms. The Morgan fingerprint density at radius 2 is 0.537 bits per heavy atom. The first-order valence-electron chi connectivity index (χ1n) is 33.9. The zero-order valence-corrected chi connectivity index (χ0v) is 56.3. The first-order valence-corrected chi connectivity index (χ1v) is 33.9. The second-order valence-electron chi connectivity index (χ2n) is 31.2. The molecule has 458 valence electrons. The van der Waals surface area contributed by atoms with Crippen LogP contribution in [0.15, 0.2) is 231 Å². The Kier molecular flexibility index (Phi) is 12.1. The minimum absolute atomic E-state index is 0.147. The molecule has 0 fully saturated rings. The molecule has 95 heavy (non-hydrogen) atoms. The average Bonchev–Trinajstić information content (AvgIpc) is 0.673. The Morgan fingerprint density at radius 3 is 0.874 bits per heavy atom. The first kappa shape index (κ1) is 57.3. The van der Waals surface area contributed by atoms with Gasteiger partial charge in [-0.15, -0.1) is 0 Å². The maximum Gasteiger partial charge on any atom is 0.253 e. The maximum absolute atomic E-state index is 5.83. The minimum atomic E-state index is -0.245. The van der Waals surface area contributed by atoms with E-state index in [0.29, 0.717) is 17.5 Å². The van der Waals surface area contributed by atoms with Gasteiger partial charge in [-0.2, -0.15) is 0 Å². The molecule has 0 radical (unpaired) electrons. The lowest BCUT2D eigenvalue weighted by Crippen LogP contribution is -2.61. The Morgan fingerprint density at radius 1 is 0.253 bits per heavy atom. The summed E-state index contributed by atoms with van der Waals surface area (Å²) >= 11 is 0. The van der Waals surface area contributed by atoms with Gasteiger partial charge >= 0.3 is 0 Å². The van der Waals surface area contributed by atoms with Gasteiger partial charge in [-0.05, 0) is 219 Å². The van der Waals surface area contributed by atoms with E-state index in [1.54, 1.807) is 0 Å². The van der Waals surface area contributed by atoms with Crippen molar-refractivity contribution in [2.75, 3.05) is 9.80 Å². The standard InChI is InChI=1S/C89H74BN5/c1-86(2,3)56-41-53(42-57(47-56)87(4,5)6)83-91-84(54-43-58(88(7,8)9)48-59(44-54)89(10,11)12)93-85(92-83)55-45-72-82-73(46-55)95(61-31-17-14-18-32-61)75-50-71-67-36-22-28-52-26-20-34-63(77(52)67)65-38-24-40-69(79(65)71)81(75)90(82)80-68-39-23-37-64-62-33-19-25-51-27-21-35-66(76(51)62)70(78(64)68)49-74(80)94(72)60-29-15-13-16-30-60/h13-50H,1-12H3. The molecule has 0 saturated carbocycles. The van der Waals surface area contributed by atoms with Gasteiger partial charge in [0.05, 0.1) is 0 Å². The van der Waals surface area contributed by atoms with Crippen molar-refractivity contribution in [2.45, 2.75) is 105 Å². The molecule has 3 heterocycles. The van der Waals surface area contributed by atoms with E-state index in [4.69, 9.17) is 15.0 Å². The summed E-state index contributed by atoms with van der Waals surface area (Å²) in [5.74, 6) is 1.90. The highest BCUT2D eigenvalue weighted by Crippen LogP contribution is 2.52. The fourth-order valence-electron chi connectivity index (χ4n) is 16.2. The number of rotatable bonds is 5. The van der Waals surface area contributed by atoms with Gasteiger partial charge in [-0.25, -0.2) is 15.0 Å². The molecule has 0 amide bonds. The van der Waals surface area contributed by atoms with Crippen molar-refractivity contribution in [3.8, 4) is 34.2 Å². The Balaban J connectivity index is 1.02. The number of aromatic nitrogens is 3. The third-order valence-corrected chi connectivity index (χ3v) is 21.1. The topological polar surface area (TPSA) is 45.2 Å². The highest BCUT2D eigenvalue weighted by molar-refractivity contribution is 7.03. The van der Waals surface area contributed by atoms with Crippen molar-refractivity contribution in [1.29, 1.82) is 0 Å². The van der Waals surface area contributed by atoms with E-state index in [1.807, 2.05) is 0 Å². The highest BCUT2D eigenvalue weighted by atomic mass is 15.2. The molecule has 0 aliphatic carbocycles. The predicted molar refractivity (Wildman–Crippen MR) is 407 cm³/mol. The predicted octanol–water partition coefficient (Wildman–Crippen LogP) is 22.2. The largest absolute Gasteiger partial charge is 0.311 e. The number of benzene rings is 15. The SMILES string of the molecule is CC(C)(C)c1cc(-c2nc(-c3cc(C(C)(C)C)cc(C(C)(C)C)c3)nc(-c3cc4c5c(c3)N(c3ccccc3)c3cc6c7cccc8cccc(c9cccc(c3B5c3c(cc5c%10cccc%11cccc(c%12cccc3c%125)c%11%10)N4c3ccccc3)c96)c87)n2)cc(C(C)(C)C)c1. The van der Waals surface area contributed by atoms with Crippen LogP contribution in [-0.4, -0.2) is 21.7 Å². The van der Waals surface area contributed by atoms with E-state index in [2.05, 4.69) is 323 Å². The van der Waals surface area contributed by atoms with Crippen molar-refractivity contribution < 1.29 is 0 Å². The van der Waals surface area contributed by atoms with Crippen LogP contribution in [0.5, 0.6) is 0 Å². The van der Waals surface area contributed by atoms with Crippen LogP contribution >= 0.6 is 0 Å². The van der Waals surface area contributed by atoms with Crippen molar-refractivity contribution in [2.24, 2.45) is 0 Å². The van der Waals surface area contributed by atoms with Gasteiger partial charge in [0.25, 0.3) is 6.71 Å². The molecule has 0 saturated heterocycles. The van der Waals surface area contributed by atoms with Crippen LogP contribution in [0.25, 0.3) is 120 Å². The van der Waals surface area contributed by atoms with Gasteiger partial charge in [0.1, 0.15) is 0 Å². The molecule has 0 spiro atoms. The molecule has 2 aliphatic heterocycles. The molecule has 0 bridgehead atoms. The number of hydrogen-bond acceptors (Lipinski definition) is 5. The fourth-order valence-corrected chi connectivity index (χ4v) is 16.2. The summed E-state index contributed by atoms with van der Waals surface area (Å²) in [5, 5.41) is 20.3. The lowest BCUT2D eigenvalue weighted by Gasteiger charge is -2.45. The third-order valence-electron chi connectivity index (χ3n) is 21.1. The second kappa shape index (κ2) is 20.1. The summed E-state index contributed by atoms with van der Waals surface area (Å²) in [6, 6.07) is 87.9. The van der Waals surface area contributed by atoms with E-state index in [-0.39, 0.29) is 28.4 Å². The van der Waals surface area contributed by atoms with Crippen molar-refractivity contribution in [1.82, 2.24) is 15.0 Å². The quantitative estimate of drug-likeness (QED) is 0.0976. The molecule has 16 aromatic rings. The van der Waals surface area contributed by atoms with Crippen LogP contribution in [-0.2, 0) is 21.7 Å². The van der Waals surface area contributed by atoms with E-state index in [0.717, 1.165) is 50.8 Å². The van der Waals surface area contributed by atoms with E-state index < -0.39 is 0 Å². The normalized spacial score (nSPS) is 13.6. The summed E-state index contributed by atoms with van der Waals surface area (Å²) in [6.07, 6.45) is 0. The maximum atomic E-state index is 5.83. The van der Waals surface area contributed by atoms with Crippen LogP contribution in [0.2, 0.25) is 0 Å². The number of para-hydroxylation sites is 2. The van der Waals surface area contributed by atoms with Crippen molar-refractivity contribution in [3.05, 3.63) is 253 Å². The molecular weight excluding hydrogens is 1150 g/mol. The molecule has 0 unspecified atom stereocenters. The smallest absolute Gasteiger partial charge is 0.253 e. The van der Waals surface area contributed by atoms with Gasteiger partial charge in [0.15, 0.2) is 17.5 Å². The van der Waals surface area contributed by atoms with E-state index in [9.17, 15) is 0 Å². The molecule has 2 aliphatic rings. The Labute approximate surface area is 556 Å². The average molecular weight is 1220 g/mol. The second-order valence-corrected chi connectivity index (χ2v) is 31.2. The van der Waals surface area contributed by atoms with Gasteiger partial charge in [0.2, 0.25) is 0 Å². The molecule has 5 nitrogen and oxygen atoms in total. The summed E-state index contributed by atoms with van der Waals surface area (Å²) < 4.78 is 0. The van der Waals surface area contributed by atoms with Crippen molar-refractivity contribution in [3.63, 3.8) is 0 Å². The molecular formula is C89H74BN5. The molecule has 18 rings (SSSR count). The zero-order valence-electron chi connectivity index (χ0n) is 56.3. The molecule has 1 aromatic heterocycles. The van der Waals surface area contributed by atoms with Crippen LogP contribution in [0, 0.1) is 0 Å². The van der Waals surface area contributed by atoms with E-state index in [1.165, 1.54) is 125 Å². The van der Waals surface area contributed by atoms with Gasteiger partial charge < -0.3 is 9.80 Å². The van der Waals surface area contributed by atoms with Gasteiger partial charge in [-0.1, -0.05) is 241 Å². The Bertz CT molecular complexity index is 5470. The van der Waals surface area contributed by atoms with Crippen molar-refractivity contribution >= 4 is 143 Å². The first-order chi connectivity index (χ1) is 45.6.